The molecule has 2 N–H and O–H groups in total. The first-order chi connectivity index (χ1) is 10.00. The number of halogens is 1. The second-order valence-electron chi connectivity index (χ2n) is 4.67. The topological polar surface area (TPSA) is 100 Å². The van der Waals surface area contributed by atoms with Gasteiger partial charge in [0.1, 0.15) is 0 Å². The van der Waals surface area contributed by atoms with Crippen LogP contribution < -0.4 is 14.9 Å². The van der Waals surface area contributed by atoms with Gasteiger partial charge in [0.15, 0.2) is 0 Å². The molecule has 1 aliphatic heterocycles. The third-order valence-corrected chi connectivity index (χ3v) is 4.64. The summed E-state index contributed by atoms with van der Waals surface area (Å²) in [6.45, 7) is 4.11. The molecule has 0 saturated carbocycles. The Kier molecular flexibility index (Phi) is 5.54. The molecule has 0 unspecified atom stereocenters. The van der Waals surface area contributed by atoms with Crippen molar-refractivity contribution in [3.05, 3.63) is 5.28 Å². The van der Waals surface area contributed by atoms with Crippen LogP contribution in [0.1, 0.15) is 19.8 Å². The molecule has 0 amide bonds. The van der Waals surface area contributed by atoms with Crippen LogP contribution >= 0.6 is 11.6 Å². The third-order valence-electron chi connectivity index (χ3n) is 3.00. The van der Waals surface area contributed by atoms with Gasteiger partial charge in [0, 0.05) is 26.2 Å². The maximum Gasteiger partial charge on any atom is 0.231 e. The van der Waals surface area contributed by atoms with E-state index in [1.54, 1.807) is 6.92 Å². The van der Waals surface area contributed by atoms with Crippen LogP contribution in [0.3, 0.4) is 0 Å². The minimum absolute atomic E-state index is 0.0524. The van der Waals surface area contributed by atoms with Gasteiger partial charge in [-0.1, -0.05) is 6.92 Å². The van der Waals surface area contributed by atoms with E-state index < -0.39 is 10.0 Å². The summed E-state index contributed by atoms with van der Waals surface area (Å²) in [4.78, 5) is 14.4. The van der Waals surface area contributed by atoms with E-state index in [2.05, 4.69) is 25.0 Å². The normalized spacial score (nSPS) is 15.4. The van der Waals surface area contributed by atoms with Crippen LogP contribution in [0, 0.1) is 0 Å². The van der Waals surface area contributed by atoms with Gasteiger partial charge in [-0.25, -0.2) is 13.1 Å². The quantitative estimate of drug-likeness (QED) is 0.747. The third kappa shape index (κ3) is 4.94. The van der Waals surface area contributed by atoms with Crippen molar-refractivity contribution in [2.75, 3.05) is 42.1 Å². The molecule has 0 spiro atoms. The van der Waals surface area contributed by atoms with Crippen molar-refractivity contribution in [3.8, 4) is 0 Å². The van der Waals surface area contributed by atoms with Gasteiger partial charge < -0.3 is 10.2 Å². The molecule has 0 radical (unpaired) electrons. The number of anilines is 2. The average molecular weight is 335 g/mol. The van der Waals surface area contributed by atoms with Crippen molar-refractivity contribution in [2.45, 2.75) is 19.8 Å². The molecule has 118 valence electrons. The van der Waals surface area contributed by atoms with E-state index >= 15 is 0 Å². The monoisotopic (exact) mass is 334 g/mol. The lowest BCUT2D eigenvalue weighted by Crippen LogP contribution is -2.29. The van der Waals surface area contributed by atoms with E-state index in [1.807, 2.05) is 4.90 Å². The van der Waals surface area contributed by atoms with Crippen molar-refractivity contribution in [3.63, 3.8) is 0 Å². The zero-order valence-corrected chi connectivity index (χ0v) is 13.4. The summed E-state index contributed by atoms with van der Waals surface area (Å²) in [6, 6.07) is 0. The van der Waals surface area contributed by atoms with Gasteiger partial charge in [-0.15, -0.1) is 0 Å². The van der Waals surface area contributed by atoms with E-state index in [1.165, 1.54) is 0 Å². The minimum atomic E-state index is -3.26. The molecule has 21 heavy (non-hydrogen) atoms. The first kappa shape index (κ1) is 16.2. The van der Waals surface area contributed by atoms with Crippen molar-refractivity contribution in [1.29, 1.82) is 0 Å². The van der Waals surface area contributed by atoms with Gasteiger partial charge in [0.2, 0.25) is 27.2 Å². The lowest BCUT2D eigenvalue weighted by Gasteiger charge is -2.15. The van der Waals surface area contributed by atoms with Gasteiger partial charge in [0.05, 0.1) is 5.75 Å². The minimum Gasteiger partial charge on any atom is -0.353 e. The van der Waals surface area contributed by atoms with E-state index in [-0.39, 0.29) is 17.6 Å². The summed E-state index contributed by atoms with van der Waals surface area (Å²) in [5.41, 5.74) is 0. The number of aromatic nitrogens is 3. The maximum absolute atomic E-state index is 11.5. The Morgan fingerprint density at radius 1 is 1.24 bits per heavy atom. The van der Waals surface area contributed by atoms with Crippen LogP contribution in [-0.4, -0.2) is 55.3 Å². The van der Waals surface area contributed by atoms with Crippen molar-refractivity contribution < 1.29 is 8.42 Å². The SMILES string of the molecule is CCNS(=O)(=O)CCNc1nc(Cl)nc(N2CCCC2)n1. The second-order valence-corrected chi connectivity index (χ2v) is 6.93. The number of nitrogens with zero attached hydrogens (tertiary/aromatic N) is 4. The van der Waals surface area contributed by atoms with E-state index in [9.17, 15) is 8.42 Å². The Hall–Kier alpha value is -1.19. The second kappa shape index (κ2) is 7.19. The summed E-state index contributed by atoms with van der Waals surface area (Å²) >= 11 is 5.89. The van der Waals surface area contributed by atoms with E-state index in [0.29, 0.717) is 18.4 Å². The molecule has 0 aromatic carbocycles. The molecule has 1 aromatic rings. The Balaban J connectivity index is 1.97. The van der Waals surface area contributed by atoms with E-state index in [4.69, 9.17) is 11.6 Å². The molecule has 0 bridgehead atoms. The van der Waals surface area contributed by atoms with Gasteiger partial charge in [-0.3, -0.25) is 0 Å². The van der Waals surface area contributed by atoms with Gasteiger partial charge in [0.25, 0.3) is 0 Å². The van der Waals surface area contributed by atoms with Gasteiger partial charge >= 0.3 is 0 Å². The molecule has 0 atom stereocenters. The zero-order chi connectivity index (χ0) is 15.3. The lowest BCUT2D eigenvalue weighted by molar-refractivity contribution is 0.584. The average Bonchev–Trinajstić information content (AvgIpc) is 2.91. The lowest BCUT2D eigenvalue weighted by atomic mass is 10.4. The molecule has 1 saturated heterocycles. The molecule has 2 rings (SSSR count). The smallest absolute Gasteiger partial charge is 0.231 e. The zero-order valence-electron chi connectivity index (χ0n) is 11.8. The molecular weight excluding hydrogens is 316 g/mol. The largest absolute Gasteiger partial charge is 0.353 e. The Morgan fingerprint density at radius 3 is 2.62 bits per heavy atom. The molecule has 2 heterocycles. The molecule has 10 heteroatoms. The molecule has 8 nitrogen and oxygen atoms in total. The highest BCUT2D eigenvalue weighted by atomic mass is 35.5. The summed E-state index contributed by atoms with van der Waals surface area (Å²) in [5, 5.41) is 2.97. The molecule has 0 aliphatic carbocycles. The maximum atomic E-state index is 11.5. The van der Waals surface area contributed by atoms with Crippen LogP contribution in [0.4, 0.5) is 11.9 Å². The first-order valence-electron chi connectivity index (χ1n) is 6.88. The molecule has 1 fully saturated rings. The Labute approximate surface area is 129 Å². The predicted octanol–water partition coefficient (Wildman–Crippen LogP) is 0.476. The van der Waals surface area contributed by atoms with Crippen LogP contribution in [0.25, 0.3) is 0 Å². The fourth-order valence-electron chi connectivity index (χ4n) is 2.07. The highest BCUT2D eigenvalue weighted by Gasteiger charge is 2.17. The van der Waals surface area contributed by atoms with E-state index in [0.717, 1.165) is 25.9 Å². The number of hydrogen-bond acceptors (Lipinski definition) is 7. The fourth-order valence-corrected chi connectivity index (χ4v) is 3.18. The number of nitrogens with one attached hydrogen (secondary N) is 2. The molecule has 1 aliphatic rings. The molecular formula is C11H19ClN6O2S. The van der Waals surface area contributed by atoms with Crippen LogP contribution in [-0.2, 0) is 10.0 Å². The number of sulfonamides is 1. The van der Waals surface area contributed by atoms with Crippen molar-refractivity contribution >= 4 is 33.5 Å². The number of hydrogen-bond donors (Lipinski definition) is 2. The molecule has 1 aromatic heterocycles. The highest BCUT2D eigenvalue weighted by Crippen LogP contribution is 2.18. The van der Waals surface area contributed by atoms with Crippen LogP contribution in [0.5, 0.6) is 0 Å². The summed E-state index contributed by atoms with van der Waals surface area (Å²) in [7, 11) is -3.26. The van der Waals surface area contributed by atoms with Crippen LogP contribution in [0.15, 0.2) is 0 Å². The Morgan fingerprint density at radius 2 is 1.95 bits per heavy atom. The van der Waals surface area contributed by atoms with Crippen molar-refractivity contribution in [1.82, 2.24) is 19.7 Å². The van der Waals surface area contributed by atoms with Gasteiger partial charge in [-0.05, 0) is 24.4 Å². The number of rotatable bonds is 7. The first-order valence-corrected chi connectivity index (χ1v) is 8.91. The fraction of sp³-hybridized carbons (Fsp3) is 0.727. The van der Waals surface area contributed by atoms with Crippen LogP contribution in [0.2, 0.25) is 5.28 Å². The summed E-state index contributed by atoms with van der Waals surface area (Å²) in [5.74, 6) is 0.775. The predicted molar refractivity (Wildman–Crippen MR) is 82.2 cm³/mol. The summed E-state index contributed by atoms with van der Waals surface area (Å²) < 4.78 is 25.5. The highest BCUT2D eigenvalue weighted by molar-refractivity contribution is 7.89. The van der Waals surface area contributed by atoms with Gasteiger partial charge in [-0.2, -0.15) is 15.0 Å². The Bertz CT molecular complexity index is 576. The van der Waals surface area contributed by atoms with Crippen molar-refractivity contribution in [2.24, 2.45) is 0 Å². The standard InChI is InChI=1S/C11H19ClN6O2S/c1-2-14-21(19,20)8-5-13-10-15-9(12)16-11(17-10)18-6-3-4-7-18/h14H,2-8H2,1H3,(H,13,15,16,17). The summed E-state index contributed by atoms with van der Waals surface area (Å²) in [6.07, 6.45) is 2.21.